The minimum absolute atomic E-state index is 0.0834. The summed E-state index contributed by atoms with van der Waals surface area (Å²) in [5.41, 5.74) is 1.07. The van der Waals surface area contributed by atoms with Crippen molar-refractivity contribution >= 4 is 11.7 Å². The number of unbranched alkanes of at least 4 members (excludes halogenated alkanes) is 1. The molecular formula is C14H27NO2. The van der Waals surface area contributed by atoms with Gasteiger partial charge in [0.15, 0.2) is 0 Å². The van der Waals surface area contributed by atoms with Crippen molar-refractivity contribution in [1.29, 1.82) is 0 Å². The van der Waals surface area contributed by atoms with E-state index in [0.717, 1.165) is 31.5 Å². The molecule has 0 saturated carbocycles. The van der Waals surface area contributed by atoms with Crippen LogP contribution in [0, 0.1) is 5.92 Å². The van der Waals surface area contributed by atoms with E-state index in [0.29, 0.717) is 6.42 Å². The van der Waals surface area contributed by atoms with E-state index in [1.807, 2.05) is 13.8 Å². The van der Waals surface area contributed by atoms with Crippen LogP contribution in [0.2, 0.25) is 0 Å². The van der Waals surface area contributed by atoms with E-state index >= 15 is 0 Å². The first-order valence-electron chi connectivity index (χ1n) is 6.73. The second kappa shape index (κ2) is 9.20. The molecule has 0 bridgehead atoms. The third-order valence-electron chi connectivity index (χ3n) is 3.00. The van der Waals surface area contributed by atoms with E-state index in [2.05, 4.69) is 25.8 Å². The monoisotopic (exact) mass is 241 g/mol. The molecule has 0 fully saturated rings. The largest absolute Gasteiger partial charge is 0.462 e. The zero-order chi connectivity index (χ0) is 13.3. The van der Waals surface area contributed by atoms with E-state index in [4.69, 9.17) is 4.74 Å². The first-order chi connectivity index (χ1) is 8.02. The molecule has 0 aliphatic heterocycles. The predicted octanol–water partition coefficient (Wildman–Crippen LogP) is 3.62. The van der Waals surface area contributed by atoms with Crippen LogP contribution in [0.5, 0.6) is 0 Å². The van der Waals surface area contributed by atoms with E-state index in [1.165, 1.54) is 0 Å². The minimum atomic E-state index is -0.0884. The molecule has 2 atom stereocenters. The number of hydrogen-bond acceptors (Lipinski definition) is 3. The normalized spacial score (nSPS) is 15.5. The highest BCUT2D eigenvalue weighted by atomic mass is 16.5. The first-order valence-corrected chi connectivity index (χ1v) is 6.73. The summed E-state index contributed by atoms with van der Waals surface area (Å²) in [5, 5.41) is 0. The van der Waals surface area contributed by atoms with E-state index in [1.54, 1.807) is 0 Å². The van der Waals surface area contributed by atoms with Crippen molar-refractivity contribution in [3.63, 3.8) is 0 Å². The molecule has 0 N–H and O–H groups in total. The zero-order valence-electron chi connectivity index (χ0n) is 12.0. The van der Waals surface area contributed by atoms with Gasteiger partial charge in [0.2, 0.25) is 0 Å². The van der Waals surface area contributed by atoms with Crippen molar-refractivity contribution in [3.05, 3.63) is 0 Å². The van der Waals surface area contributed by atoms with Crippen LogP contribution in [0.25, 0.3) is 0 Å². The lowest BCUT2D eigenvalue weighted by Crippen LogP contribution is -2.27. The van der Waals surface area contributed by atoms with Crippen LogP contribution >= 0.6 is 0 Å². The van der Waals surface area contributed by atoms with Gasteiger partial charge in [-0.05, 0) is 26.7 Å². The lowest BCUT2D eigenvalue weighted by molar-refractivity contribution is -0.149. The molecule has 0 amide bonds. The third kappa shape index (κ3) is 7.14. The molecule has 2 unspecified atom stereocenters. The Morgan fingerprint density at radius 2 is 1.88 bits per heavy atom. The highest BCUT2D eigenvalue weighted by Crippen LogP contribution is 2.11. The Morgan fingerprint density at radius 1 is 1.24 bits per heavy atom. The lowest BCUT2D eigenvalue weighted by atomic mass is 10.0. The van der Waals surface area contributed by atoms with Crippen molar-refractivity contribution in [3.8, 4) is 0 Å². The summed E-state index contributed by atoms with van der Waals surface area (Å²) in [5.74, 6) is 0.113. The maximum absolute atomic E-state index is 11.5. The van der Waals surface area contributed by atoms with Gasteiger partial charge in [0.1, 0.15) is 6.10 Å². The van der Waals surface area contributed by atoms with Crippen molar-refractivity contribution < 1.29 is 9.53 Å². The molecule has 100 valence electrons. The van der Waals surface area contributed by atoms with Crippen LogP contribution in [-0.2, 0) is 9.53 Å². The molecular weight excluding hydrogens is 214 g/mol. The van der Waals surface area contributed by atoms with Crippen molar-refractivity contribution in [2.24, 2.45) is 10.9 Å². The summed E-state index contributed by atoms with van der Waals surface area (Å²) in [6, 6.07) is 0. The molecule has 3 nitrogen and oxygen atoms in total. The van der Waals surface area contributed by atoms with E-state index in [9.17, 15) is 4.79 Å². The molecule has 0 aromatic rings. The van der Waals surface area contributed by atoms with Crippen molar-refractivity contribution in [2.45, 2.75) is 66.4 Å². The molecule has 0 aromatic carbocycles. The molecule has 0 aliphatic rings. The van der Waals surface area contributed by atoms with Crippen LogP contribution in [-0.4, -0.2) is 24.3 Å². The predicted molar refractivity (Wildman–Crippen MR) is 72.5 cm³/mol. The Morgan fingerprint density at radius 3 is 2.41 bits per heavy atom. The second-order valence-electron chi connectivity index (χ2n) is 4.61. The molecule has 0 saturated heterocycles. The highest BCUT2D eigenvalue weighted by molar-refractivity contribution is 5.84. The Kier molecular flexibility index (Phi) is 8.73. The van der Waals surface area contributed by atoms with Crippen LogP contribution in [0.15, 0.2) is 4.99 Å². The van der Waals surface area contributed by atoms with Gasteiger partial charge in [-0.15, -0.1) is 0 Å². The Balaban J connectivity index is 4.12. The zero-order valence-corrected chi connectivity index (χ0v) is 12.0. The van der Waals surface area contributed by atoms with Gasteiger partial charge in [0, 0.05) is 24.6 Å². The summed E-state index contributed by atoms with van der Waals surface area (Å²) in [6.07, 6.45) is 3.42. The molecule has 0 aromatic heterocycles. The maximum Gasteiger partial charge on any atom is 0.306 e. The smallest absolute Gasteiger partial charge is 0.306 e. The minimum Gasteiger partial charge on any atom is -0.462 e. The van der Waals surface area contributed by atoms with Gasteiger partial charge in [-0.2, -0.15) is 0 Å². The van der Waals surface area contributed by atoms with Crippen LogP contribution < -0.4 is 0 Å². The topological polar surface area (TPSA) is 38.7 Å². The van der Waals surface area contributed by atoms with Gasteiger partial charge < -0.3 is 4.74 Å². The maximum atomic E-state index is 11.5. The SMILES string of the molecule is CCCCC(=O)OC(C)C(C)C(C)=NCCC. The summed E-state index contributed by atoms with van der Waals surface area (Å²) in [7, 11) is 0. The number of carbonyl (C=O) groups excluding carboxylic acids is 1. The fraction of sp³-hybridized carbons (Fsp3) is 0.857. The van der Waals surface area contributed by atoms with Gasteiger partial charge in [-0.25, -0.2) is 0 Å². The molecule has 0 spiro atoms. The molecule has 17 heavy (non-hydrogen) atoms. The van der Waals surface area contributed by atoms with E-state index in [-0.39, 0.29) is 18.0 Å². The number of ether oxygens (including phenoxy) is 1. The average Bonchev–Trinajstić information content (AvgIpc) is 2.32. The molecule has 3 heteroatoms. The van der Waals surface area contributed by atoms with Gasteiger partial charge in [0.05, 0.1) is 0 Å². The summed E-state index contributed by atoms with van der Waals surface area (Å²) in [6.45, 7) is 11.0. The van der Waals surface area contributed by atoms with Gasteiger partial charge in [-0.1, -0.05) is 27.2 Å². The average molecular weight is 241 g/mol. The second-order valence-corrected chi connectivity index (χ2v) is 4.61. The van der Waals surface area contributed by atoms with Gasteiger partial charge in [-0.3, -0.25) is 9.79 Å². The van der Waals surface area contributed by atoms with Crippen molar-refractivity contribution in [1.82, 2.24) is 0 Å². The summed E-state index contributed by atoms with van der Waals surface area (Å²) >= 11 is 0. The van der Waals surface area contributed by atoms with E-state index < -0.39 is 0 Å². The number of aliphatic imine (C=N–C) groups is 1. The Hall–Kier alpha value is -0.860. The van der Waals surface area contributed by atoms with Crippen LogP contribution in [0.4, 0.5) is 0 Å². The number of nitrogens with zero attached hydrogens (tertiary/aromatic N) is 1. The number of hydrogen-bond donors (Lipinski definition) is 0. The standard InChI is InChI=1S/C14H27NO2/c1-6-8-9-14(16)17-13(5)11(3)12(4)15-10-7-2/h11,13H,6-10H2,1-5H3. The number of carbonyl (C=O) groups is 1. The van der Waals surface area contributed by atoms with Crippen molar-refractivity contribution in [2.75, 3.05) is 6.54 Å². The molecule has 0 heterocycles. The number of esters is 1. The van der Waals surface area contributed by atoms with Gasteiger partial charge in [0.25, 0.3) is 0 Å². The highest BCUT2D eigenvalue weighted by Gasteiger charge is 2.18. The molecule has 0 radical (unpaired) electrons. The quantitative estimate of drug-likeness (QED) is 0.481. The fourth-order valence-electron chi connectivity index (χ4n) is 1.46. The molecule has 0 aliphatic carbocycles. The first kappa shape index (κ1) is 16.1. The summed E-state index contributed by atoms with van der Waals surface area (Å²) < 4.78 is 5.40. The third-order valence-corrected chi connectivity index (χ3v) is 3.00. The van der Waals surface area contributed by atoms with Crippen LogP contribution in [0.1, 0.15) is 60.3 Å². The molecule has 0 rings (SSSR count). The van der Waals surface area contributed by atoms with Gasteiger partial charge >= 0.3 is 5.97 Å². The Bertz CT molecular complexity index is 249. The summed E-state index contributed by atoms with van der Waals surface area (Å²) in [4.78, 5) is 15.9. The van der Waals surface area contributed by atoms with Crippen LogP contribution in [0.3, 0.4) is 0 Å². The number of rotatable bonds is 8. The Labute approximate surface area is 106 Å². The fourth-order valence-corrected chi connectivity index (χ4v) is 1.46. The lowest BCUT2D eigenvalue weighted by Gasteiger charge is -2.20.